The van der Waals surface area contributed by atoms with E-state index in [1.54, 1.807) is 31.2 Å². The Labute approximate surface area is 99.1 Å². The molecule has 0 aliphatic carbocycles. The van der Waals surface area contributed by atoms with Gasteiger partial charge in [0.1, 0.15) is 11.6 Å². The Balaban J connectivity index is 2.43. The fourth-order valence-corrected chi connectivity index (χ4v) is 1.63. The Bertz CT molecular complexity index is 555. The second-order valence-corrected chi connectivity index (χ2v) is 3.92. The molecule has 0 fully saturated rings. The third-order valence-electron chi connectivity index (χ3n) is 2.59. The van der Waals surface area contributed by atoms with Gasteiger partial charge < -0.3 is 4.42 Å². The van der Waals surface area contributed by atoms with Crippen molar-refractivity contribution in [3.8, 4) is 11.3 Å². The summed E-state index contributed by atoms with van der Waals surface area (Å²) in [6.07, 6.45) is 0.378. The van der Waals surface area contributed by atoms with Crippen LogP contribution in [0.25, 0.3) is 11.3 Å². The number of Topliss-reactive ketones (excluding diaryl/α,β-unsaturated/α-hetero) is 1. The van der Waals surface area contributed by atoms with Gasteiger partial charge >= 0.3 is 0 Å². The highest BCUT2D eigenvalue weighted by atomic mass is 19.1. The standard InChI is InChI=1S/C14H13FO2/c1-3-12(16)14-7-6-13(17-14)10-8-9(2)4-5-11(10)15/h4-8H,3H2,1-2H3. The molecule has 0 aliphatic heterocycles. The quantitative estimate of drug-likeness (QED) is 0.749. The highest BCUT2D eigenvalue weighted by Gasteiger charge is 2.13. The summed E-state index contributed by atoms with van der Waals surface area (Å²) in [4.78, 5) is 11.4. The number of halogens is 1. The van der Waals surface area contributed by atoms with Crippen LogP contribution in [0, 0.1) is 12.7 Å². The van der Waals surface area contributed by atoms with Crippen molar-refractivity contribution >= 4 is 5.78 Å². The number of carbonyl (C=O) groups is 1. The average Bonchev–Trinajstić information content (AvgIpc) is 2.80. The van der Waals surface area contributed by atoms with Crippen molar-refractivity contribution in [1.82, 2.24) is 0 Å². The number of benzene rings is 1. The van der Waals surface area contributed by atoms with E-state index in [1.807, 2.05) is 6.92 Å². The summed E-state index contributed by atoms with van der Waals surface area (Å²) >= 11 is 0. The Morgan fingerprint density at radius 1 is 1.29 bits per heavy atom. The lowest BCUT2D eigenvalue weighted by atomic mass is 10.1. The molecule has 0 spiro atoms. The van der Waals surface area contributed by atoms with Crippen LogP contribution in [-0.4, -0.2) is 5.78 Å². The summed E-state index contributed by atoms with van der Waals surface area (Å²) in [5.74, 6) is 0.246. The molecule has 0 saturated heterocycles. The van der Waals surface area contributed by atoms with Crippen LogP contribution in [0.2, 0.25) is 0 Å². The van der Waals surface area contributed by atoms with Crippen molar-refractivity contribution in [3.05, 3.63) is 47.5 Å². The number of furan rings is 1. The molecule has 2 aromatic rings. The minimum atomic E-state index is -0.347. The van der Waals surface area contributed by atoms with Crippen LogP contribution in [0.1, 0.15) is 29.5 Å². The first-order valence-corrected chi connectivity index (χ1v) is 5.51. The molecule has 2 nitrogen and oxygen atoms in total. The first kappa shape index (κ1) is 11.6. The number of aryl methyl sites for hydroxylation is 1. The Hall–Kier alpha value is -1.90. The van der Waals surface area contributed by atoms with E-state index in [9.17, 15) is 9.18 Å². The summed E-state index contributed by atoms with van der Waals surface area (Å²) < 4.78 is 19.0. The average molecular weight is 232 g/mol. The van der Waals surface area contributed by atoms with Gasteiger partial charge in [-0.15, -0.1) is 0 Å². The molecule has 0 radical (unpaired) electrons. The first-order valence-electron chi connectivity index (χ1n) is 5.51. The van der Waals surface area contributed by atoms with E-state index >= 15 is 0 Å². The van der Waals surface area contributed by atoms with Crippen molar-refractivity contribution in [2.75, 3.05) is 0 Å². The van der Waals surface area contributed by atoms with Gasteiger partial charge in [-0.1, -0.05) is 18.6 Å². The summed E-state index contributed by atoms with van der Waals surface area (Å²) in [5.41, 5.74) is 1.33. The van der Waals surface area contributed by atoms with E-state index in [1.165, 1.54) is 6.07 Å². The molecule has 1 aromatic carbocycles. The topological polar surface area (TPSA) is 30.2 Å². The van der Waals surface area contributed by atoms with Crippen molar-refractivity contribution in [3.63, 3.8) is 0 Å². The molecule has 0 saturated carbocycles. The number of hydrogen-bond acceptors (Lipinski definition) is 2. The zero-order chi connectivity index (χ0) is 12.4. The molecule has 0 bridgehead atoms. The molecule has 1 heterocycles. The molecule has 0 N–H and O–H groups in total. The normalized spacial score (nSPS) is 10.5. The third kappa shape index (κ3) is 2.28. The highest BCUT2D eigenvalue weighted by Crippen LogP contribution is 2.26. The monoisotopic (exact) mass is 232 g/mol. The number of carbonyl (C=O) groups excluding carboxylic acids is 1. The van der Waals surface area contributed by atoms with Crippen molar-refractivity contribution < 1.29 is 13.6 Å². The summed E-state index contributed by atoms with van der Waals surface area (Å²) in [6, 6.07) is 8.01. The SMILES string of the molecule is CCC(=O)c1ccc(-c2cc(C)ccc2F)o1. The lowest BCUT2D eigenvalue weighted by molar-refractivity contribution is 0.0962. The van der Waals surface area contributed by atoms with E-state index in [4.69, 9.17) is 4.42 Å². The molecule has 0 unspecified atom stereocenters. The van der Waals surface area contributed by atoms with E-state index < -0.39 is 0 Å². The number of ketones is 1. The summed E-state index contributed by atoms with van der Waals surface area (Å²) in [6.45, 7) is 3.64. The van der Waals surface area contributed by atoms with Gasteiger partial charge in [0.25, 0.3) is 0 Å². The van der Waals surface area contributed by atoms with Crippen LogP contribution in [0.15, 0.2) is 34.7 Å². The fourth-order valence-electron chi connectivity index (χ4n) is 1.63. The summed E-state index contributed by atoms with van der Waals surface area (Å²) in [7, 11) is 0. The molecule has 0 amide bonds. The predicted molar refractivity (Wildman–Crippen MR) is 63.5 cm³/mol. The smallest absolute Gasteiger partial charge is 0.197 e. The number of hydrogen-bond donors (Lipinski definition) is 0. The Morgan fingerprint density at radius 3 is 2.76 bits per heavy atom. The van der Waals surface area contributed by atoms with Crippen molar-refractivity contribution in [2.45, 2.75) is 20.3 Å². The van der Waals surface area contributed by atoms with Gasteiger partial charge in [0.05, 0.1) is 5.56 Å². The Kier molecular flexibility index (Phi) is 3.09. The minimum Gasteiger partial charge on any atom is -0.453 e. The number of rotatable bonds is 3. The lowest BCUT2D eigenvalue weighted by Crippen LogP contribution is -1.92. The second-order valence-electron chi connectivity index (χ2n) is 3.92. The minimum absolute atomic E-state index is 0.0793. The first-order chi connectivity index (χ1) is 8.11. The maximum Gasteiger partial charge on any atom is 0.197 e. The van der Waals surface area contributed by atoms with E-state index in [2.05, 4.69) is 0 Å². The van der Waals surface area contributed by atoms with Crippen LogP contribution in [-0.2, 0) is 0 Å². The fraction of sp³-hybridized carbons (Fsp3) is 0.214. The van der Waals surface area contributed by atoms with Crippen LogP contribution in [0.4, 0.5) is 4.39 Å². The molecule has 0 atom stereocenters. The van der Waals surface area contributed by atoms with Gasteiger partial charge in [0.15, 0.2) is 11.5 Å². The highest BCUT2D eigenvalue weighted by molar-refractivity contribution is 5.93. The zero-order valence-corrected chi connectivity index (χ0v) is 9.79. The van der Waals surface area contributed by atoms with E-state index in [0.29, 0.717) is 17.7 Å². The van der Waals surface area contributed by atoms with E-state index in [-0.39, 0.29) is 17.4 Å². The molecular weight excluding hydrogens is 219 g/mol. The van der Waals surface area contributed by atoms with Crippen molar-refractivity contribution in [1.29, 1.82) is 0 Å². The van der Waals surface area contributed by atoms with Gasteiger partial charge in [-0.3, -0.25) is 4.79 Å². The van der Waals surface area contributed by atoms with Gasteiger partial charge in [-0.2, -0.15) is 0 Å². The van der Waals surface area contributed by atoms with Gasteiger partial charge in [0, 0.05) is 6.42 Å². The molecule has 88 valence electrons. The molecule has 17 heavy (non-hydrogen) atoms. The lowest BCUT2D eigenvalue weighted by Gasteiger charge is -2.01. The molecule has 1 aromatic heterocycles. The predicted octanol–water partition coefficient (Wildman–Crippen LogP) is 3.99. The van der Waals surface area contributed by atoms with Gasteiger partial charge in [-0.05, 0) is 31.2 Å². The summed E-state index contributed by atoms with van der Waals surface area (Å²) in [5, 5.41) is 0. The van der Waals surface area contributed by atoms with Gasteiger partial charge in [-0.25, -0.2) is 4.39 Å². The molecule has 3 heteroatoms. The Morgan fingerprint density at radius 2 is 2.06 bits per heavy atom. The third-order valence-corrected chi connectivity index (χ3v) is 2.59. The zero-order valence-electron chi connectivity index (χ0n) is 9.79. The molecule has 0 aliphatic rings. The van der Waals surface area contributed by atoms with Gasteiger partial charge in [0.2, 0.25) is 0 Å². The maximum atomic E-state index is 13.6. The van der Waals surface area contributed by atoms with Crippen LogP contribution >= 0.6 is 0 Å². The van der Waals surface area contributed by atoms with Crippen molar-refractivity contribution in [2.24, 2.45) is 0 Å². The molecular formula is C14H13FO2. The largest absolute Gasteiger partial charge is 0.453 e. The maximum absolute atomic E-state index is 13.6. The van der Waals surface area contributed by atoms with Crippen LogP contribution < -0.4 is 0 Å². The van der Waals surface area contributed by atoms with E-state index in [0.717, 1.165) is 5.56 Å². The van der Waals surface area contributed by atoms with Crippen LogP contribution in [0.5, 0.6) is 0 Å². The van der Waals surface area contributed by atoms with Crippen LogP contribution in [0.3, 0.4) is 0 Å². The second kappa shape index (κ2) is 4.53. The molecule has 2 rings (SSSR count).